The SMILES string of the molecule is C[C@@H](NC(=O)Cn1c(=O)[nH]c2ccc(F)cc2c1=O)C1NCC(C#N)CN1. The minimum atomic E-state index is -0.743. The van der Waals surface area contributed by atoms with Crippen molar-refractivity contribution in [1.29, 1.82) is 5.26 Å². The number of H-pyrrole nitrogens is 1. The van der Waals surface area contributed by atoms with E-state index in [1.54, 1.807) is 6.92 Å². The van der Waals surface area contributed by atoms with Crippen molar-refractivity contribution in [2.24, 2.45) is 5.92 Å². The van der Waals surface area contributed by atoms with Crippen molar-refractivity contribution in [1.82, 2.24) is 25.5 Å². The number of nitrogens with one attached hydrogen (secondary N) is 4. The van der Waals surface area contributed by atoms with Gasteiger partial charge in [0.05, 0.1) is 35.1 Å². The predicted molar refractivity (Wildman–Crippen MR) is 95.3 cm³/mol. The Labute approximate surface area is 153 Å². The number of halogens is 1. The van der Waals surface area contributed by atoms with Gasteiger partial charge in [0.2, 0.25) is 5.91 Å². The van der Waals surface area contributed by atoms with E-state index in [0.29, 0.717) is 13.1 Å². The van der Waals surface area contributed by atoms with Crippen molar-refractivity contribution in [3.05, 3.63) is 44.9 Å². The Bertz CT molecular complexity index is 1020. The molecular formula is C17H19FN6O3. The monoisotopic (exact) mass is 374 g/mol. The highest BCUT2D eigenvalue weighted by Gasteiger charge is 2.25. The highest BCUT2D eigenvalue weighted by atomic mass is 19.1. The van der Waals surface area contributed by atoms with Crippen LogP contribution in [0.3, 0.4) is 0 Å². The second-order valence-corrected chi connectivity index (χ2v) is 6.49. The van der Waals surface area contributed by atoms with Gasteiger partial charge in [-0.25, -0.2) is 9.18 Å². The van der Waals surface area contributed by atoms with Crippen molar-refractivity contribution in [2.45, 2.75) is 25.7 Å². The van der Waals surface area contributed by atoms with E-state index in [9.17, 15) is 18.8 Å². The fourth-order valence-corrected chi connectivity index (χ4v) is 3.02. The molecule has 0 saturated carbocycles. The first-order valence-electron chi connectivity index (χ1n) is 8.47. The van der Waals surface area contributed by atoms with Crippen LogP contribution in [-0.4, -0.2) is 40.8 Å². The van der Waals surface area contributed by atoms with E-state index >= 15 is 0 Å². The topological polar surface area (TPSA) is 132 Å². The minimum absolute atomic E-state index is 0.00592. The summed E-state index contributed by atoms with van der Waals surface area (Å²) in [6.07, 6.45) is -0.237. The minimum Gasteiger partial charge on any atom is -0.349 e. The Morgan fingerprint density at radius 1 is 1.41 bits per heavy atom. The van der Waals surface area contributed by atoms with E-state index in [1.165, 1.54) is 6.07 Å². The molecule has 3 rings (SSSR count). The lowest BCUT2D eigenvalue weighted by Gasteiger charge is -2.32. The highest BCUT2D eigenvalue weighted by molar-refractivity contribution is 5.79. The van der Waals surface area contributed by atoms with Crippen LogP contribution in [0.4, 0.5) is 4.39 Å². The van der Waals surface area contributed by atoms with Crippen molar-refractivity contribution >= 4 is 16.8 Å². The number of fused-ring (bicyclic) bond motifs is 1. The highest BCUT2D eigenvalue weighted by Crippen LogP contribution is 2.07. The van der Waals surface area contributed by atoms with Gasteiger partial charge in [-0.15, -0.1) is 0 Å². The normalized spacial score (nSPS) is 20.8. The van der Waals surface area contributed by atoms with Gasteiger partial charge < -0.3 is 10.3 Å². The molecule has 1 aromatic carbocycles. The molecule has 4 N–H and O–H groups in total. The molecule has 0 aliphatic carbocycles. The first-order valence-corrected chi connectivity index (χ1v) is 8.47. The van der Waals surface area contributed by atoms with Gasteiger partial charge in [-0.2, -0.15) is 5.26 Å². The smallest absolute Gasteiger partial charge is 0.329 e. The molecule has 1 aliphatic rings. The first kappa shape index (κ1) is 18.8. The summed E-state index contributed by atoms with van der Waals surface area (Å²) >= 11 is 0. The molecule has 1 amide bonds. The summed E-state index contributed by atoms with van der Waals surface area (Å²) < 4.78 is 14.1. The quantitative estimate of drug-likeness (QED) is 0.542. The molecule has 1 saturated heterocycles. The molecule has 1 fully saturated rings. The Morgan fingerprint density at radius 2 is 2.11 bits per heavy atom. The number of nitriles is 1. The van der Waals surface area contributed by atoms with Crippen LogP contribution >= 0.6 is 0 Å². The summed E-state index contributed by atoms with van der Waals surface area (Å²) in [5.41, 5.74) is -1.27. The van der Waals surface area contributed by atoms with Gasteiger partial charge in [-0.3, -0.25) is 24.8 Å². The summed E-state index contributed by atoms with van der Waals surface area (Å²) in [7, 11) is 0. The Kier molecular flexibility index (Phi) is 5.34. The van der Waals surface area contributed by atoms with Crippen LogP contribution in [0.5, 0.6) is 0 Å². The van der Waals surface area contributed by atoms with Gasteiger partial charge in [0.15, 0.2) is 0 Å². The number of nitrogens with zero attached hydrogens (tertiary/aromatic N) is 2. The average Bonchev–Trinajstić information content (AvgIpc) is 2.66. The van der Waals surface area contributed by atoms with Crippen molar-refractivity contribution < 1.29 is 9.18 Å². The van der Waals surface area contributed by atoms with Crippen LogP contribution < -0.4 is 27.2 Å². The molecule has 1 aromatic heterocycles. The molecule has 27 heavy (non-hydrogen) atoms. The number of carbonyl (C=O) groups excluding carboxylic acids is 1. The maximum Gasteiger partial charge on any atom is 0.329 e. The van der Waals surface area contributed by atoms with E-state index in [4.69, 9.17) is 5.26 Å². The van der Waals surface area contributed by atoms with Gasteiger partial charge in [0.25, 0.3) is 5.56 Å². The van der Waals surface area contributed by atoms with E-state index in [1.807, 2.05) is 0 Å². The lowest BCUT2D eigenvalue weighted by molar-refractivity contribution is -0.122. The molecule has 0 bridgehead atoms. The fourth-order valence-electron chi connectivity index (χ4n) is 3.02. The number of benzene rings is 1. The standard InChI is InChI=1S/C17H19FN6O3/c1-9(15-20-6-10(5-19)7-21-15)22-14(25)8-24-16(26)12-4-11(18)2-3-13(12)23-17(24)27/h2-4,9-10,15,20-21H,6-8H2,1H3,(H,22,25)(H,23,27)/t9-,10?,15?/m1/s1. The second kappa shape index (κ2) is 7.69. The third-order valence-corrected chi connectivity index (χ3v) is 4.49. The molecule has 142 valence electrons. The zero-order chi connectivity index (χ0) is 19.6. The second-order valence-electron chi connectivity index (χ2n) is 6.49. The molecule has 1 aliphatic heterocycles. The van der Waals surface area contributed by atoms with Gasteiger partial charge in [0.1, 0.15) is 12.4 Å². The molecule has 0 radical (unpaired) electrons. The predicted octanol–water partition coefficient (Wildman–Crippen LogP) is -1.01. The summed E-state index contributed by atoms with van der Waals surface area (Å²) in [5, 5.41) is 17.8. The molecule has 2 aromatic rings. The largest absolute Gasteiger partial charge is 0.349 e. The molecule has 0 spiro atoms. The van der Waals surface area contributed by atoms with Gasteiger partial charge >= 0.3 is 5.69 Å². The van der Waals surface area contributed by atoms with Gasteiger partial charge in [0, 0.05) is 13.1 Å². The number of rotatable bonds is 4. The van der Waals surface area contributed by atoms with Crippen LogP contribution in [0.25, 0.3) is 10.9 Å². The molecular weight excluding hydrogens is 355 g/mol. The van der Waals surface area contributed by atoms with Gasteiger partial charge in [-0.1, -0.05) is 0 Å². The fraction of sp³-hybridized carbons (Fsp3) is 0.412. The van der Waals surface area contributed by atoms with Gasteiger partial charge in [-0.05, 0) is 25.1 Å². The Morgan fingerprint density at radius 3 is 2.78 bits per heavy atom. The molecule has 9 nitrogen and oxygen atoms in total. The lowest BCUT2D eigenvalue weighted by Crippen LogP contribution is -2.61. The van der Waals surface area contributed by atoms with Crippen LogP contribution in [0.1, 0.15) is 6.92 Å². The zero-order valence-electron chi connectivity index (χ0n) is 14.6. The first-order chi connectivity index (χ1) is 12.9. The molecule has 1 atom stereocenters. The van der Waals surface area contributed by atoms with E-state index < -0.39 is 29.5 Å². The lowest BCUT2D eigenvalue weighted by atomic mass is 10.1. The van der Waals surface area contributed by atoms with Crippen LogP contribution in [-0.2, 0) is 11.3 Å². The zero-order valence-corrected chi connectivity index (χ0v) is 14.6. The maximum absolute atomic E-state index is 13.4. The van der Waals surface area contributed by atoms with Crippen LogP contribution in [0, 0.1) is 23.1 Å². The number of aromatic nitrogens is 2. The molecule has 2 heterocycles. The summed E-state index contributed by atoms with van der Waals surface area (Å²) in [5.74, 6) is -1.28. The summed E-state index contributed by atoms with van der Waals surface area (Å²) in [6, 6.07) is 5.27. The Balaban J connectivity index is 1.72. The van der Waals surface area contributed by atoms with E-state index in [-0.39, 0.29) is 29.0 Å². The number of aromatic amines is 1. The third-order valence-electron chi connectivity index (χ3n) is 4.49. The number of hydrogen-bond donors (Lipinski definition) is 4. The van der Waals surface area contributed by atoms with E-state index in [2.05, 4.69) is 27.0 Å². The molecule has 0 unspecified atom stereocenters. The number of hydrogen-bond acceptors (Lipinski definition) is 6. The van der Waals surface area contributed by atoms with Crippen molar-refractivity contribution in [2.75, 3.05) is 13.1 Å². The third kappa shape index (κ3) is 4.05. The summed E-state index contributed by atoms with van der Waals surface area (Å²) in [6.45, 7) is 2.28. The number of carbonyl (C=O) groups is 1. The number of amides is 1. The molecule has 10 heteroatoms. The van der Waals surface area contributed by atoms with Crippen molar-refractivity contribution in [3.63, 3.8) is 0 Å². The maximum atomic E-state index is 13.4. The van der Waals surface area contributed by atoms with Crippen LogP contribution in [0.15, 0.2) is 27.8 Å². The summed E-state index contributed by atoms with van der Waals surface area (Å²) in [4.78, 5) is 39.3. The Hall–Kier alpha value is -3.03. The van der Waals surface area contributed by atoms with E-state index in [0.717, 1.165) is 16.7 Å². The van der Waals surface area contributed by atoms with Crippen molar-refractivity contribution in [3.8, 4) is 6.07 Å². The average molecular weight is 374 g/mol. The van der Waals surface area contributed by atoms with Crippen LogP contribution in [0.2, 0.25) is 0 Å².